The van der Waals surface area contributed by atoms with E-state index in [1.807, 2.05) is 0 Å². The molecule has 2 aliphatic rings. The van der Waals surface area contributed by atoms with Crippen molar-refractivity contribution >= 4 is 0 Å². The van der Waals surface area contributed by atoms with Crippen LogP contribution in [0.1, 0.15) is 13.3 Å². The number of hydrogen-bond donors (Lipinski definition) is 1. The number of aliphatic hydroxyl groups excluding tert-OH is 1. The van der Waals surface area contributed by atoms with Crippen LogP contribution in [0, 0.1) is 5.92 Å². The van der Waals surface area contributed by atoms with Crippen molar-refractivity contribution in [1.29, 1.82) is 0 Å². The zero-order valence-corrected chi connectivity index (χ0v) is 6.69. The third-order valence-corrected chi connectivity index (χ3v) is 2.65. The van der Waals surface area contributed by atoms with Crippen molar-refractivity contribution in [3.8, 4) is 0 Å². The fourth-order valence-corrected chi connectivity index (χ4v) is 1.91. The van der Waals surface area contributed by atoms with Crippen molar-refractivity contribution in [3.63, 3.8) is 0 Å². The van der Waals surface area contributed by atoms with Crippen molar-refractivity contribution in [2.75, 3.05) is 13.2 Å². The molecule has 4 atom stereocenters. The summed E-state index contributed by atoms with van der Waals surface area (Å²) in [6, 6.07) is 0. The van der Waals surface area contributed by atoms with Gasteiger partial charge in [0.05, 0.1) is 19.3 Å². The van der Waals surface area contributed by atoms with Gasteiger partial charge in [0.1, 0.15) is 12.2 Å². The highest BCUT2D eigenvalue weighted by molar-refractivity contribution is 4.93. The summed E-state index contributed by atoms with van der Waals surface area (Å²) in [6.07, 6.45) is 0.806. The van der Waals surface area contributed by atoms with E-state index in [1.54, 1.807) is 0 Å². The van der Waals surface area contributed by atoms with Gasteiger partial charge in [-0.3, -0.25) is 0 Å². The van der Waals surface area contributed by atoms with Gasteiger partial charge in [-0.25, -0.2) is 0 Å². The van der Waals surface area contributed by atoms with Crippen LogP contribution in [-0.4, -0.2) is 36.6 Å². The monoisotopic (exact) mass is 158 g/mol. The lowest BCUT2D eigenvalue weighted by atomic mass is 9.99. The van der Waals surface area contributed by atoms with Gasteiger partial charge < -0.3 is 14.6 Å². The summed E-state index contributed by atoms with van der Waals surface area (Å²) < 4.78 is 10.8. The molecule has 0 aromatic rings. The summed E-state index contributed by atoms with van der Waals surface area (Å²) in [6.45, 7) is 3.33. The largest absolute Gasteiger partial charge is 0.388 e. The van der Waals surface area contributed by atoms with Crippen LogP contribution in [0.25, 0.3) is 0 Å². The molecular formula is C8H14O3. The van der Waals surface area contributed by atoms with Gasteiger partial charge >= 0.3 is 0 Å². The summed E-state index contributed by atoms with van der Waals surface area (Å²) in [5.41, 5.74) is 0. The second-order valence-electron chi connectivity index (χ2n) is 3.33. The second kappa shape index (κ2) is 2.73. The average Bonchev–Trinajstić information content (AvgIpc) is 2.53. The van der Waals surface area contributed by atoms with Crippen LogP contribution >= 0.6 is 0 Å². The first kappa shape index (κ1) is 7.53. The highest BCUT2D eigenvalue weighted by Crippen LogP contribution is 2.32. The zero-order chi connectivity index (χ0) is 7.84. The minimum absolute atomic E-state index is 0.0417. The van der Waals surface area contributed by atoms with Crippen LogP contribution in [0.4, 0.5) is 0 Å². The first-order valence-electron chi connectivity index (χ1n) is 4.24. The molecule has 0 aromatic carbocycles. The van der Waals surface area contributed by atoms with Gasteiger partial charge in [-0.1, -0.05) is 6.92 Å². The predicted octanol–water partition coefficient (Wildman–Crippen LogP) is 0.171. The molecule has 1 N–H and O–H groups in total. The molecule has 0 bridgehead atoms. The smallest absolute Gasteiger partial charge is 0.112 e. The quantitative estimate of drug-likeness (QED) is 0.591. The standard InChI is InChI=1S/C8H14O3/c1-2-5-3-10-8-6(9)4-11-7(5)8/h5-9H,2-4H2,1H3. The van der Waals surface area contributed by atoms with E-state index in [2.05, 4.69) is 6.92 Å². The molecule has 3 heteroatoms. The Morgan fingerprint density at radius 2 is 2.00 bits per heavy atom. The maximum atomic E-state index is 9.36. The third kappa shape index (κ3) is 1.08. The molecule has 2 heterocycles. The van der Waals surface area contributed by atoms with Crippen molar-refractivity contribution < 1.29 is 14.6 Å². The lowest BCUT2D eigenvalue weighted by molar-refractivity contribution is 0.0168. The minimum atomic E-state index is -0.392. The summed E-state index contributed by atoms with van der Waals surface area (Å²) >= 11 is 0. The highest BCUT2D eigenvalue weighted by Gasteiger charge is 2.45. The molecule has 2 rings (SSSR count). The van der Waals surface area contributed by atoms with Crippen LogP contribution in [0.2, 0.25) is 0 Å². The van der Waals surface area contributed by atoms with E-state index in [9.17, 15) is 5.11 Å². The molecule has 0 saturated carbocycles. The lowest BCUT2D eigenvalue weighted by Gasteiger charge is -2.12. The van der Waals surface area contributed by atoms with Gasteiger partial charge in [0, 0.05) is 5.92 Å². The average molecular weight is 158 g/mol. The van der Waals surface area contributed by atoms with Crippen molar-refractivity contribution in [2.45, 2.75) is 31.7 Å². The van der Waals surface area contributed by atoms with Gasteiger partial charge in [-0.15, -0.1) is 0 Å². The summed E-state index contributed by atoms with van der Waals surface area (Å²) in [4.78, 5) is 0. The molecule has 0 aliphatic carbocycles. The fourth-order valence-electron chi connectivity index (χ4n) is 1.91. The summed E-state index contributed by atoms with van der Waals surface area (Å²) in [5, 5.41) is 9.36. The van der Waals surface area contributed by atoms with Gasteiger partial charge in [0.2, 0.25) is 0 Å². The topological polar surface area (TPSA) is 38.7 Å². The Labute approximate surface area is 66.3 Å². The van der Waals surface area contributed by atoms with Crippen LogP contribution in [0.15, 0.2) is 0 Å². The summed E-state index contributed by atoms with van der Waals surface area (Å²) in [5.74, 6) is 0.497. The van der Waals surface area contributed by atoms with Crippen LogP contribution in [0.3, 0.4) is 0 Å². The Morgan fingerprint density at radius 3 is 2.73 bits per heavy atom. The molecule has 11 heavy (non-hydrogen) atoms. The Bertz CT molecular complexity index is 148. The van der Waals surface area contributed by atoms with E-state index in [0.29, 0.717) is 12.5 Å². The predicted molar refractivity (Wildman–Crippen MR) is 39.3 cm³/mol. The van der Waals surface area contributed by atoms with E-state index in [4.69, 9.17) is 9.47 Å². The number of hydrogen-bond acceptors (Lipinski definition) is 3. The number of ether oxygens (including phenoxy) is 2. The van der Waals surface area contributed by atoms with Crippen molar-refractivity contribution in [2.24, 2.45) is 5.92 Å². The van der Waals surface area contributed by atoms with E-state index >= 15 is 0 Å². The molecule has 0 radical (unpaired) electrons. The maximum Gasteiger partial charge on any atom is 0.112 e. The van der Waals surface area contributed by atoms with E-state index in [1.165, 1.54) is 0 Å². The highest BCUT2D eigenvalue weighted by atomic mass is 16.6. The molecule has 64 valence electrons. The second-order valence-corrected chi connectivity index (χ2v) is 3.33. The Kier molecular flexibility index (Phi) is 1.87. The van der Waals surface area contributed by atoms with E-state index < -0.39 is 6.10 Å². The van der Waals surface area contributed by atoms with Crippen LogP contribution in [0.5, 0.6) is 0 Å². The van der Waals surface area contributed by atoms with E-state index in [0.717, 1.165) is 13.0 Å². The van der Waals surface area contributed by atoms with Gasteiger partial charge in [0.25, 0.3) is 0 Å². The molecular weight excluding hydrogens is 144 g/mol. The van der Waals surface area contributed by atoms with Gasteiger partial charge in [-0.05, 0) is 6.42 Å². The fraction of sp³-hybridized carbons (Fsp3) is 1.00. The molecule has 2 fully saturated rings. The third-order valence-electron chi connectivity index (χ3n) is 2.65. The molecule has 2 saturated heterocycles. The first-order chi connectivity index (χ1) is 5.33. The molecule has 0 amide bonds. The normalized spacial score (nSPS) is 49.6. The molecule has 0 spiro atoms. The molecule has 3 nitrogen and oxygen atoms in total. The van der Waals surface area contributed by atoms with Crippen LogP contribution in [-0.2, 0) is 9.47 Å². The SMILES string of the molecule is CCC1COC2C(O)COC12. The number of aliphatic hydroxyl groups is 1. The first-order valence-corrected chi connectivity index (χ1v) is 4.24. The van der Waals surface area contributed by atoms with Crippen molar-refractivity contribution in [3.05, 3.63) is 0 Å². The number of rotatable bonds is 1. The van der Waals surface area contributed by atoms with E-state index in [-0.39, 0.29) is 12.2 Å². The zero-order valence-electron chi connectivity index (χ0n) is 6.69. The van der Waals surface area contributed by atoms with Gasteiger partial charge in [-0.2, -0.15) is 0 Å². The van der Waals surface area contributed by atoms with Crippen LogP contribution < -0.4 is 0 Å². The van der Waals surface area contributed by atoms with Crippen molar-refractivity contribution in [1.82, 2.24) is 0 Å². The Morgan fingerprint density at radius 1 is 1.27 bits per heavy atom. The molecule has 0 aromatic heterocycles. The lowest BCUT2D eigenvalue weighted by Crippen LogP contribution is -2.28. The molecule has 4 unspecified atom stereocenters. The van der Waals surface area contributed by atoms with Gasteiger partial charge in [0.15, 0.2) is 0 Å². The maximum absolute atomic E-state index is 9.36. The Hall–Kier alpha value is -0.120. The number of fused-ring (bicyclic) bond motifs is 1. The molecule has 2 aliphatic heterocycles. The minimum Gasteiger partial charge on any atom is -0.388 e. The summed E-state index contributed by atoms with van der Waals surface area (Å²) in [7, 11) is 0. The Balaban J connectivity index is 2.04.